The summed E-state index contributed by atoms with van der Waals surface area (Å²) in [6, 6.07) is 3.84. The standard InChI is InChI=1S/C19H22F3N3O4/c20-19(21,22)15-11-16(26)23-13-3-1-2-4-14(13)25(15)17(27)12-24-7-5-18(6-8-24)28-9-10-29-18/h1-4,15H,5-12H2,(H,23,26). The molecule has 3 aliphatic rings. The van der Waals surface area contributed by atoms with Gasteiger partial charge in [0.15, 0.2) is 5.79 Å². The lowest BCUT2D eigenvalue weighted by Crippen LogP contribution is -2.54. The average molecular weight is 413 g/mol. The van der Waals surface area contributed by atoms with Crippen molar-refractivity contribution in [1.29, 1.82) is 0 Å². The molecule has 2 saturated heterocycles. The van der Waals surface area contributed by atoms with Gasteiger partial charge in [-0.25, -0.2) is 0 Å². The minimum absolute atomic E-state index is 0.0571. The summed E-state index contributed by atoms with van der Waals surface area (Å²) in [5, 5.41) is 2.47. The van der Waals surface area contributed by atoms with Crippen molar-refractivity contribution in [2.24, 2.45) is 0 Å². The van der Waals surface area contributed by atoms with Gasteiger partial charge in [0, 0.05) is 25.9 Å². The Morgan fingerprint density at radius 1 is 1.17 bits per heavy atom. The highest BCUT2D eigenvalue weighted by molar-refractivity contribution is 6.05. The molecule has 1 aromatic rings. The van der Waals surface area contributed by atoms with Gasteiger partial charge in [-0.1, -0.05) is 12.1 Å². The van der Waals surface area contributed by atoms with Crippen LogP contribution in [0.3, 0.4) is 0 Å². The van der Waals surface area contributed by atoms with Gasteiger partial charge in [-0.2, -0.15) is 13.2 Å². The molecule has 0 bridgehead atoms. The number of anilines is 2. The van der Waals surface area contributed by atoms with Crippen molar-refractivity contribution in [3.63, 3.8) is 0 Å². The number of hydrogen-bond acceptors (Lipinski definition) is 5. The highest BCUT2D eigenvalue weighted by Crippen LogP contribution is 2.38. The summed E-state index contributed by atoms with van der Waals surface area (Å²) in [7, 11) is 0. The number of nitrogens with zero attached hydrogens (tertiary/aromatic N) is 2. The summed E-state index contributed by atoms with van der Waals surface area (Å²) < 4.78 is 52.6. The SMILES string of the molecule is O=C1CC(C(F)(F)F)N(C(=O)CN2CCC3(CC2)OCCO3)c2ccccc2N1. The number of para-hydroxylation sites is 2. The molecule has 1 N–H and O–H groups in total. The molecule has 158 valence electrons. The van der Waals surface area contributed by atoms with Gasteiger partial charge in [-0.3, -0.25) is 19.4 Å². The molecule has 0 radical (unpaired) electrons. The third-order valence-corrected chi connectivity index (χ3v) is 5.56. The quantitative estimate of drug-likeness (QED) is 0.805. The van der Waals surface area contributed by atoms with Crippen LogP contribution in [0, 0.1) is 0 Å². The number of carbonyl (C=O) groups is 2. The summed E-state index contributed by atoms with van der Waals surface area (Å²) in [4.78, 5) is 27.6. The van der Waals surface area contributed by atoms with Crippen molar-refractivity contribution in [2.75, 3.05) is 43.1 Å². The second kappa shape index (κ2) is 7.58. The normalized spacial score (nSPS) is 24.9. The molecular weight excluding hydrogens is 391 g/mol. The van der Waals surface area contributed by atoms with E-state index in [4.69, 9.17) is 9.47 Å². The highest BCUT2D eigenvalue weighted by atomic mass is 19.4. The van der Waals surface area contributed by atoms with Gasteiger partial charge in [-0.15, -0.1) is 0 Å². The number of hydrogen-bond donors (Lipinski definition) is 1. The van der Waals surface area contributed by atoms with Crippen LogP contribution in [0.15, 0.2) is 24.3 Å². The largest absolute Gasteiger partial charge is 0.409 e. The number of likely N-dealkylation sites (tertiary alicyclic amines) is 1. The van der Waals surface area contributed by atoms with E-state index in [9.17, 15) is 22.8 Å². The Morgan fingerprint density at radius 3 is 2.48 bits per heavy atom. The van der Waals surface area contributed by atoms with E-state index in [0.717, 1.165) is 4.90 Å². The van der Waals surface area contributed by atoms with Crippen LogP contribution in [0.1, 0.15) is 19.3 Å². The van der Waals surface area contributed by atoms with Crippen LogP contribution in [-0.4, -0.2) is 67.6 Å². The number of alkyl halides is 3. The van der Waals surface area contributed by atoms with Crippen molar-refractivity contribution >= 4 is 23.2 Å². The summed E-state index contributed by atoms with van der Waals surface area (Å²) >= 11 is 0. The first-order chi connectivity index (χ1) is 13.8. The molecule has 2 fully saturated rings. The minimum Gasteiger partial charge on any atom is -0.347 e. The Labute approximate surface area is 165 Å². The Kier molecular flexibility index (Phi) is 5.26. The second-order valence-corrected chi connectivity index (χ2v) is 7.47. The van der Waals surface area contributed by atoms with Gasteiger partial charge >= 0.3 is 6.18 Å². The van der Waals surface area contributed by atoms with E-state index < -0.39 is 36.2 Å². The number of carbonyl (C=O) groups excluding carboxylic acids is 2. The van der Waals surface area contributed by atoms with Crippen molar-refractivity contribution in [3.05, 3.63) is 24.3 Å². The zero-order valence-electron chi connectivity index (χ0n) is 15.7. The van der Waals surface area contributed by atoms with Crippen LogP contribution >= 0.6 is 0 Å². The minimum atomic E-state index is -4.73. The zero-order chi connectivity index (χ0) is 20.6. The maximum absolute atomic E-state index is 13.8. The topological polar surface area (TPSA) is 71.1 Å². The molecule has 3 heterocycles. The lowest BCUT2D eigenvalue weighted by Gasteiger charge is -2.38. The van der Waals surface area contributed by atoms with Gasteiger partial charge in [0.05, 0.1) is 37.6 Å². The number of benzene rings is 1. The molecule has 7 nitrogen and oxygen atoms in total. The van der Waals surface area contributed by atoms with Gasteiger partial charge < -0.3 is 14.8 Å². The fourth-order valence-electron chi connectivity index (χ4n) is 4.10. The smallest absolute Gasteiger partial charge is 0.347 e. The van der Waals surface area contributed by atoms with E-state index in [1.165, 1.54) is 12.1 Å². The maximum Gasteiger partial charge on any atom is 0.409 e. The van der Waals surface area contributed by atoms with Crippen LogP contribution in [0.4, 0.5) is 24.5 Å². The monoisotopic (exact) mass is 413 g/mol. The molecule has 0 aromatic heterocycles. The van der Waals surface area contributed by atoms with E-state index in [2.05, 4.69) is 5.32 Å². The predicted molar refractivity (Wildman–Crippen MR) is 97.3 cm³/mol. The Bertz CT molecular complexity index is 785. The van der Waals surface area contributed by atoms with Gasteiger partial charge in [0.2, 0.25) is 11.8 Å². The Balaban J connectivity index is 1.55. The first-order valence-corrected chi connectivity index (χ1v) is 9.55. The molecule has 1 aromatic carbocycles. The maximum atomic E-state index is 13.8. The van der Waals surface area contributed by atoms with E-state index in [0.29, 0.717) is 39.1 Å². The predicted octanol–water partition coefficient (Wildman–Crippen LogP) is 2.13. The fraction of sp³-hybridized carbons (Fsp3) is 0.579. The average Bonchev–Trinajstić information content (AvgIpc) is 3.05. The molecule has 0 saturated carbocycles. The lowest BCUT2D eigenvalue weighted by molar-refractivity contribution is -0.185. The Hall–Kier alpha value is -2.17. The summed E-state index contributed by atoms with van der Waals surface area (Å²) in [5.74, 6) is -2.09. The number of fused-ring (bicyclic) bond motifs is 1. The first kappa shape index (κ1) is 20.1. The number of amides is 2. The van der Waals surface area contributed by atoms with Crippen LogP contribution in [0.5, 0.6) is 0 Å². The van der Waals surface area contributed by atoms with Crippen molar-refractivity contribution in [3.8, 4) is 0 Å². The molecule has 4 rings (SSSR count). The van der Waals surface area contributed by atoms with Crippen LogP contribution in [-0.2, 0) is 19.1 Å². The molecule has 3 aliphatic heterocycles. The van der Waals surface area contributed by atoms with Crippen LogP contribution in [0.25, 0.3) is 0 Å². The Morgan fingerprint density at radius 2 is 1.83 bits per heavy atom. The number of piperidine rings is 1. The van der Waals surface area contributed by atoms with E-state index in [1.54, 1.807) is 17.0 Å². The molecule has 1 spiro atoms. The van der Waals surface area contributed by atoms with Crippen molar-refractivity contribution in [1.82, 2.24) is 4.90 Å². The summed E-state index contributed by atoms with van der Waals surface area (Å²) in [6.45, 7) is 1.84. The third-order valence-electron chi connectivity index (χ3n) is 5.56. The van der Waals surface area contributed by atoms with Crippen molar-refractivity contribution in [2.45, 2.75) is 37.3 Å². The molecule has 2 amide bonds. The van der Waals surface area contributed by atoms with E-state index in [-0.39, 0.29) is 17.9 Å². The van der Waals surface area contributed by atoms with Crippen LogP contribution < -0.4 is 10.2 Å². The number of nitrogens with one attached hydrogen (secondary N) is 1. The molecule has 29 heavy (non-hydrogen) atoms. The third kappa shape index (κ3) is 4.10. The van der Waals surface area contributed by atoms with E-state index in [1.807, 2.05) is 0 Å². The summed E-state index contributed by atoms with van der Waals surface area (Å²) in [5.41, 5.74) is 0.254. The number of ether oxygens (including phenoxy) is 2. The van der Waals surface area contributed by atoms with E-state index >= 15 is 0 Å². The molecule has 1 unspecified atom stereocenters. The van der Waals surface area contributed by atoms with Crippen LogP contribution in [0.2, 0.25) is 0 Å². The first-order valence-electron chi connectivity index (χ1n) is 9.55. The van der Waals surface area contributed by atoms with Gasteiger partial charge in [0.25, 0.3) is 0 Å². The highest BCUT2D eigenvalue weighted by Gasteiger charge is 2.49. The molecule has 1 atom stereocenters. The molecule has 10 heteroatoms. The fourth-order valence-corrected chi connectivity index (χ4v) is 4.10. The number of halogens is 3. The van der Waals surface area contributed by atoms with Gasteiger partial charge in [0.1, 0.15) is 6.04 Å². The molecular formula is C19H22F3N3O4. The van der Waals surface area contributed by atoms with Crippen molar-refractivity contribution < 1.29 is 32.2 Å². The summed E-state index contributed by atoms with van der Waals surface area (Å²) in [6.07, 6.45) is -4.46. The lowest BCUT2D eigenvalue weighted by atomic mass is 10.0. The second-order valence-electron chi connectivity index (χ2n) is 7.47. The number of rotatable bonds is 2. The zero-order valence-corrected chi connectivity index (χ0v) is 15.7. The van der Waals surface area contributed by atoms with Gasteiger partial charge in [-0.05, 0) is 12.1 Å². The molecule has 0 aliphatic carbocycles.